The second kappa shape index (κ2) is 8.41. The summed E-state index contributed by atoms with van der Waals surface area (Å²) in [4.78, 5) is 12.9. The SMILES string of the molecule is NC(=NCC1CCN(S(=O)(=O)C(F)(F)F)CC1)N1CCN(c2nccs2)CC1. The third-order valence-corrected chi connectivity index (χ3v) is 7.47. The van der Waals surface area contributed by atoms with Gasteiger partial charge in [-0.3, -0.25) is 4.99 Å². The average molecular weight is 441 g/mol. The van der Waals surface area contributed by atoms with Gasteiger partial charge in [0, 0.05) is 57.4 Å². The number of aliphatic imine (C=N–C) groups is 1. The number of nitrogens with zero attached hydrogens (tertiary/aromatic N) is 5. The van der Waals surface area contributed by atoms with Crippen LogP contribution in [0.3, 0.4) is 0 Å². The van der Waals surface area contributed by atoms with Crippen molar-refractivity contribution in [3.63, 3.8) is 0 Å². The zero-order valence-corrected chi connectivity index (χ0v) is 16.8. The van der Waals surface area contributed by atoms with E-state index in [2.05, 4.69) is 14.9 Å². The monoisotopic (exact) mass is 440 g/mol. The highest BCUT2D eigenvalue weighted by atomic mass is 32.2. The van der Waals surface area contributed by atoms with E-state index < -0.39 is 15.5 Å². The van der Waals surface area contributed by atoms with Gasteiger partial charge in [-0.2, -0.15) is 17.5 Å². The van der Waals surface area contributed by atoms with Crippen LogP contribution in [0.25, 0.3) is 0 Å². The van der Waals surface area contributed by atoms with Crippen molar-refractivity contribution in [2.24, 2.45) is 16.6 Å². The Hall–Kier alpha value is -1.60. The van der Waals surface area contributed by atoms with Crippen LogP contribution < -0.4 is 10.6 Å². The molecule has 0 atom stereocenters. The van der Waals surface area contributed by atoms with Gasteiger partial charge in [0.1, 0.15) is 0 Å². The lowest BCUT2D eigenvalue weighted by Gasteiger charge is -2.35. The lowest BCUT2D eigenvalue weighted by molar-refractivity contribution is -0.0496. The maximum Gasteiger partial charge on any atom is 0.511 e. The number of thiazole rings is 1. The van der Waals surface area contributed by atoms with Gasteiger partial charge in [-0.1, -0.05) is 0 Å². The highest BCUT2D eigenvalue weighted by molar-refractivity contribution is 7.90. The molecule has 2 aliphatic rings. The Morgan fingerprint density at radius 3 is 2.39 bits per heavy atom. The summed E-state index contributed by atoms with van der Waals surface area (Å²) < 4.78 is 61.2. The van der Waals surface area contributed by atoms with Gasteiger partial charge in [0.15, 0.2) is 11.1 Å². The van der Waals surface area contributed by atoms with Gasteiger partial charge in [-0.25, -0.2) is 13.4 Å². The number of guanidine groups is 1. The van der Waals surface area contributed by atoms with E-state index >= 15 is 0 Å². The largest absolute Gasteiger partial charge is 0.511 e. The Morgan fingerprint density at radius 1 is 1.21 bits per heavy atom. The number of anilines is 1. The quantitative estimate of drug-likeness (QED) is 0.557. The predicted molar refractivity (Wildman–Crippen MR) is 102 cm³/mol. The lowest BCUT2D eigenvalue weighted by atomic mass is 9.98. The van der Waals surface area contributed by atoms with Crippen molar-refractivity contribution in [2.45, 2.75) is 18.3 Å². The summed E-state index contributed by atoms with van der Waals surface area (Å²) in [6.45, 7) is 3.12. The Balaban J connectivity index is 1.45. The molecule has 2 aliphatic heterocycles. The van der Waals surface area contributed by atoms with E-state index in [-0.39, 0.29) is 19.0 Å². The van der Waals surface area contributed by atoms with Gasteiger partial charge in [-0.05, 0) is 18.8 Å². The van der Waals surface area contributed by atoms with Crippen LogP contribution in [-0.4, -0.2) is 79.9 Å². The van der Waals surface area contributed by atoms with Crippen molar-refractivity contribution in [3.8, 4) is 0 Å². The summed E-state index contributed by atoms with van der Waals surface area (Å²) in [5.41, 5.74) is 0.826. The van der Waals surface area contributed by atoms with Crippen molar-refractivity contribution in [1.29, 1.82) is 0 Å². The van der Waals surface area contributed by atoms with Crippen LogP contribution in [0.1, 0.15) is 12.8 Å². The number of hydrogen-bond acceptors (Lipinski definition) is 6. The first-order chi connectivity index (χ1) is 13.2. The number of rotatable bonds is 4. The molecule has 0 saturated carbocycles. The molecule has 0 amide bonds. The van der Waals surface area contributed by atoms with Crippen LogP contribution in [0, 0.1) is 5.92 Å². The van der Waals surface area contributed by atoms with E-state index in [9.17, 15) is 21.6 Å². The lowest BCUT2D eigenvalue weighted by Crippen LogP contribution is -2.51. The van der Waals surface area contributed by atoms with Crippen molar-refractivity contribution in [3.05, 3.63) is 11.6 Å². The number of sulfonamides is 1. The molecule has 0 radical (unpaired) electrons. The standard InChI is InChI=1S/C15H23F3N6O2S2/c16-15(17,18)28(25,26)24-4-1-12(2-5-24)11-21-13(19)22-6-8-23(9-7-22)14-20-3-10-27-14/h3,10,12H,1-2,4-9,11H2,(H2,19,21). The number of alkyl halides is 3. The van der Waals surface area contributed by atoms with Crippen LogP contribution >= 0.6 is 11.3 Å². The van der Waals surface area contributed by atoms with Crippen LogP contribution in [0.15, 0.2) is 16.6 Å². The molecule has 2 N–H and O–H groups in total. The normalized spacial score (nSPS) is 21.3. The molecule has 1 aromatic heterocycles. The summed E-state index contributed by atoms with van der Waals surface area (Å²) in [6.07, 6.45) is 2.45. The van der Waals surface area contributed by atoms with Crippen molar-refractivity contribution in [2.75, 3.05) is 50.7 Å². The first-order valence-corrected chi connectivity index (χ1v) is 11.3. The van der Waals surface area contributed by atoms with E-state index in [4.69, 9.17) is 5.73 Å². The molecular formula is C15H23F3N6O2S2. The summed E-state index contributed by atoms with van der Waals surface area (Å²) in [5.74, 6) is 0.443. The average Bonchev–Trinajstić information content (AvgIpc) is 3.20. The van der Waals surface area contributed by atoms with E-state index in [1.54, 1.807) is 17.5 Å². The van der Waals surface area contributed by atoms with Crippen LogP contribution in [-0.2, 0) is 10.0 Å². The minimum atomic E-state index is -5.25. The van der Waals surface area contributed by atoms with E-state index in [1.165, 1.54) is 0 Å². The Kier molecular flexibility index (Phi) is 6.34. The number of halogens is 3. The molecule has 0 aliphatic carbocycles. The van der Waals surface area contributed by atoms with Gasteiger partial charge in [0.25, 0.3) is 0 Å². The van der Waals surface area contributed by atoms with E-state index in [1.807, 2.05) is 10.3 Å². The Labute approximate surface area is 165 Å². The highest BCUT2D eigenvalue weighted by Gasteiger charge is 2.50. The zero-order chi connectivity index (χ0) is 20.4. The number of piperazine rings is 1. The minimum absolute atomic E-state index is 0.0230. The topological polar surface area (TPSA) is 95.1 Å². The third kappa shape index (κ3) is 4.69. The maximum atomic E-state index is 12.6. The molecule has 0 bridgehead atoms. The molecule has 2 fully saturated rings. The number of hydrogen-bond donors (Lipinski definition) is 1. The molecular weight excluding hydrogens is 417 g/mol. The smallest absolute Gasteiger partial charge is 0.370 e. The van der Waals surface area contributed by atoms with Crippen molar-refractivity contribution in [1.82, 2.24) is 14.2 Å². The minimum Gasteiger partial charge on any atom is -0.370 e. The molecule has 0 aromatic carbocycles. The molecule has 3 rings (SSSR count). The van der Waals surface area contributed by atoms with Gasteiger partial charge in [0.05, 0.1) is 0 Å². The Morgan fingerprint density at radius 2 is 1.86 bits per heavy atom. The molecule has 1 aromatic rings. The fourth-order valence-corrected chi connectivity index (χ4v) is 4.98. The van der Waals surface area contributed by atoms with Gasteiger partial charge in [-0.15, -0.1) is 11.3 Å². The van der Waals surface area contributed by atoms with Crippen LogP contribution in [0.4, 0.5) is 18.3 Å². The number of nitrogens with two attached hydrogens (primary N) is 1. The summed E-state index contributed by atoms with van der Waals surface area (Å²) >= 11 is 1.59. The summed E-state index contributed by atoms with van der Waals surface area (Å²) in [6, 6.07) is 0. The zero-order valence-electron chi connectivity index (χ0n) is 15.2. The van der Waals surface area contributed by atoms with Crippen LogP contribution in [0.5, 0.6) is 0 Å². The van der Waals surface area contributed by atoms with Gasteiger partial charge >= 0.3 is 15.5 Å². The molecule has 13 heteroatoms. The Bertz CT molecular complexity index is 768. The summed E-state index contributed by atoms with van der Waals surface area (Å²) in [7, 11) is -5.24. The molecule has 3 heterocycles. The first-order valence-electron chi connectivity index (χ1n) is 8.94. The maximum absolute atomic E-state index is 12.6. The molecule has 8 nitrogen and oxygen atoms in total. The van der Waals surface area contributed by atoms with Crippen LogP contribution in [0.2, 0.25) is 0 Å². The molecule has 2 saturated heterocycles. The molecule has 28 heavy (non-hydrogen) atoms. The van der Waals surface area contributed by atoms with Crippen molar-refractivity contribution < 1.29 is 21.6 Å². The van der Waals surface area contributed by atoms with E-state index in [0.29, 0.717) is 29.7 Å². The molecule has 0 unspecified atom stereocenters. The number of aromatic nitrogens is 1. The van der Waals surface area contributed by atoms with Crippen molar-refractivity contribution >= 4 is 32.5 Å². The fraction of sp³-hybridized carbons (Fsp3) is 0.733. The third-order valence-electron chi connectivity index (χ3n) is 5.01. The molecule has 158 valence electrons. The van der Waals surface area contributed by atoms with Gasteiger partial charge < -0.3 is 15.5 Å². The fourth-order valence-electron chi connectivity index (χ4n) is 3.30. The predicted octanol–water partition coefficient (Wildman–Crippen LogP) is 1.14. The second-order valence-electron chi connectivity index (χ2n) is 6.78. The second-order valence-corrected chi connectivity index (χ2v) is 9.58. The van der Waals surface area contributed by atoms with E-state index in [0.717, 1.165) is 31.3 Å². The first kappa shape index (κ1) is 21.1. The summed E-state index contributed by atoms with van der Waals surface area (Å²) in [5, 5.41) is 2.92. The van der Waals surface area contributed by atoms with Gasteiger partial charge in [0.2, 0.25) is 0 Å². The highest BCUT2D eigenvalue weighted by Crippen LogP contribution is 2.30. The number of piperidine rings is 1. The molecule has 0 spiro atoms.